The van der Waals surface area contributed by atoms with Crippen LogP contribution in [0.3, 0.4) is 0 Å². The molecule has 4 heteroatoms. The number of ether oxygens (including phenoxy) is 2. The van der Waals surface area contributed by atoms with Crippen molar-refractivity contribution in [2.24, 2.45) is 5.92 Å². The van der Waals surface area contributed by atoms with Gasteiger partial charge in [0.05, 0.1) is 18.7 Å². The van der Waals surface area contributed by atoms with Crippen molar-refractivity contribution in [3.63, 3.8) is 0 Å². The summed E-state index contributed by atoms with van der Waals surface area (Å²) >= 11 is 6.33. The first-order valence-electron chi connectivity index (χ1n) is 7.78. The predicted molar refractivity (Wildman–Crippen MR) is 89.6 cm³/mol. The highest BCUT2D eigenvalue weighted by Crippen LogP contribution is 2.36. The van der Waals surface area contributed by atoms with E-state index in [0.717, 1.165) is 31.5 Å². The van der Waals surface area contributed by atoms with Gasteiger partial charge in [-0.15, -0.1) is 0 Å². The van der Waals surface area contributed by atoms with Gasteiger partial charge in [-0.2, -0.15) is 0 Å². The van der Waals surface area contributed by atoms with Crippen LogP contribution in [0.15, 0.2) is 12.1 Å². The van der Waals surface area contributed by atoms with Crippen LogP contribution in [-0.2, 0) is 6.54 Å². The van der Waals surface area contributed by atoms with Crippen LogP contribution >= 0.6 is 11.6 Å². The molecule has 1 rings (SSSR count). The quantitative estimate of drug-likeness (QED) is 0.637. The Labute approximate surface area is 134 Å². The van der Waals surface area contributed by atoms with Crippen LogP contribution in [0.25, 0.3) is 0 Å². The Morgan fingerprint density at radius 3 is 2.62 bits per heavy atom. The van der Waals surface area contributed by atoms with E-state index in [1.807, 2.05) is 12.1 Å². The van der Waals surface area contributed by atoms with E-state index in [4.69, 9.17) is 21.1 Å². The van der Waals surface area contributed by atoms with Crippen molar-refractivity contribution >= 4 is 11.6 Å². The van der Waals surface area contributed by atoms with Crippen LogP contribution in [0.2, 0.25) is 5.02 Å². The third-order valence-electron chi connectivity index (χ3n) is 3.17. The fourth-order valence-electron chi connectivity index (χ4n) is 2.05. The maximum absolute atomic E-state index is 6.33. The third-order valence-corrected chi connectivity index (χ3v) is 3.45. The normalized spacial score (nSPS) is 11.0. The third kappa shape index (κ3) is 6.58. The Hall–Kier alpha value is -0.930. The van der Waals surface area contributed by atoms with Gasteiger partial charge in [-0.25, -0.2) is 0 Å². The molecule has 3 nitrogen and oxygen atoms in total. The highest BCUT2D eigenvalue weighted by Gasteiger charge is 2.12. The summed E-state index contributed by atoms with van der Waals surface area (Å²) in [5.74, 6) is 1.99. The van der Waals surface area contributed by atoms with E-state index in [-0.39, 0.29) is 0 Å². The van der Waals surface area contributed by atoms with Crippen LogP contribution in [-0.4, -0.2) is 20.3 Å². The second-order valence-corrected chi connectivity index (χ2v) is 6.10. The Balaban J connectivity index is 2.67. The van der Waals surface area contributed by atoms with Gasteiger partial charge in [0, 0.05) is 6.54 Å². The summed E-state index contributed by atoms with van der Waals surface area (Å²) in [6.07, 6.45) is 3.37. The van der Waals surface area contributed by atoms with E-state index in [1.54, 1.807) is 7.11 Å². The average Bonchev–Trinajstić information content (AvgIpc) is 2.44. The monoisotopic (exact) mass is 313 g/mol. The SMILES string of the molecule is CCCCCOc1c(Cl)cc(CNCC(C)C)cc1OC. The zero-order valence-electron chi connectivity index (χ0n) is 13.7. The summed E-state index contributed by atoms with van der Waals surface area (Å²) in [4.78, 5) is 0. The standard InChI is InChI=1S/C17H28ClNO2/c1-5-6-7-8-21-17-15(18)9-14(10-16(17)20-4)12-19-11-13(2)3/h9-10,13,19H,5-8,11-12H2,1-4H3. The Kier molecular flexibility index (Phi) is 8.55. The molecule has 0 aromatic heterocycles. The van der Waals surface area contributed by atoms with E-state index in [0.29, 0.717) is 29.0 Å². The zero-order valence-corrected chi connectivity index (χ0v) is 14.4. The van der Waals surface area contributed by atoms with Gasteiger partial charge in [-0.3, -0.25) is 0 Å². The van der Waals surface area contributed by atoms with Crippen molar-refractivity contribution in [3.05, 3.63) is 22.7 Å². The molecule has 0 aliphatic carbocycles. The number of unbranched alkanes of at least 4 members (excludes halogenated alkanes) is 2. The van der Waals surface area contributed by atoms with Crippen LogP contribution in [0.5, 0.6) is 11.5 Å². The summed E-state index contributed by atoms with van der Waals surface area (Å²) in [5.41, 5.74) is 1.11. The number of hydrogen-bond acceptors (Lipinski definition) is 3. The average molecular weight is 314 g/mol. The van der Waals surface area contributed by atoms with Crippen molar-refractivity contribution < 1.29 is 9.47 Å². The maximum Gasteiger partial charge on any atom is 0.179 e. The summed E-state index contributed by atoms with van der Waals surface area (Å²) < 4.78 is 11.2. The predicted octanol–water partition coefficient (Wildman–Crippen LogP) is 4.66. The Bertz CT molecular complexity index is 421. The molecule has 0 aliphatic rings. The van der Waals surface area contributed by atoms with Crippen molar-refractivity contribution in [1.29, 1.82) is 0 Å². The maximum atomic E-state index is 6.33. The molecular formula is C17H28ClNO2. The molecule has 0 fully saturated rings. The van der Waals surface area contributed by atoms with Crippen LogP contribution < -0.4 is 14.8 Å². The van der Waals surface area contributed by atoms with Gasteiger partial charge in [0.15, 0.2) is 11.5 Å². The van der Waals surface area contributed by atoms with Gasteiger partial charge < -0.3 is 14.8 Å². The molecule has 0 saturated carbocycles. The van der Waals surface area contributed by atoms with E-state index >= 15 is 0 Å². The molecule has 0 bridgehead atoms. The lowest BCUT2D eigenvalue weighted by Gasteiger charge is -2.15. The molecule has 1 aromatic carbocycles. The molecule has 0 amide bonds. The molecule has 0 saturated heterocycles. The first-order valence-corrected chi connectivity index (χ1v) is 8.16. The van der Waals surface area contributed by atoms with E-state index in [2.05, 4.69) is 26.1 Å². The van der Waals surface area contributed by atoms with Gasteiger partial charge in [-0.05, 0) is 36.6 Å². The van der Waals surface area contributed by atoms with Crippen molar-refractivity contribution in [2.45, 2.75) is 46.6 Å². The van der Waals surface area contributed by atoms with Crippen LogP contribution in [0.4, 0.5) is 0 Å². The lowest BCUT2D eigenvalue weighted by atomic mass is 10.1. The second kappa shape index (κ2) is 9.91. The molecule has 120 valence electrons. The summed E-state index contributed by atoms with van der Waals surface area (Å²) in [6.45, 7) is 8.99. The van der Waals surface area contributed by atoms with Gasteiger partial charge in [0.25, 0.3) is 0 Å². The first kappa shape index (κ1) is 18.1. The minimum atomic E-state index is 0.618. The van der Waals surface area contributed by atoms with Gasteiger partial charge in [0.1, 0.15) is 0 Å². The van der Waals surface area contributed by atoms with Crippen LogP contribution in [0, 0.1) is 5.92 Å². The molecule has 0 atom stereocenters. The number of halogens is 1. The molecule has 0 heterocycles. The fraction of sp³-hybridized carbons (Fsp3) is 0.647. The molecule has 0 aliphatic heterocycles. The molecule has 1 N–H and O–H groups in total. The zero-order chi connectivity index (χ0) is 15.7. The highest BCUT2D eigenvalue weighted by molar-refractivity contribution is 6.32. The highest BCUT2D eigenvalue weighted by atomic mass is 35.5. The van der Waals surface area contributed by atoms with Crippen molar-refractivity contribution in [1.82, 2.24) is 5.32 Å². The Morgan fingerprint density at radius 2 is 2.00 bits per heavy atom. The van der Waals surface area contributed by atoms with E-state index in [9.17, 15) is 0 Å². The molecule has 1 aromatic rings. The van der Waals surface area contributed by atoms with Crippen molar-refractivity contribution in [2.75, 3.05) is 20.3 Å². The first-order chi connectivity index (χ1) is 10.1. The molecule has 21 heavy (non-hydrogen) atoms. The van der Waals surface area contributed by atoms with E-state index in [1.165, 1.54) is 6.42 Å². The molecule has 0 radical (unpaired) electrons. The molecular weight excluding hydrogens is 286 g/mol. The smallest absolute Gasteiger partial charge is 0.179 e. The number of rotatable bonds is 10. The second-order valence-electron chi connectivity index (χ2n) is 5.69. The fourth-order valence-corrected chi connectivity index (χ4v) is 2.33. The summed E-state index contributed by atoms with van der Waals surface area (Å²) in [7, 11) is 1.65. The number of benzene rings is 1. The van der Waals surface area contributed by atoms with Gasteiger partial charge in [-0.1, -0.05) is 45.2 Å². The molecule has 0 unspecified atom stereocenters. The minimum Gasteiger partial charge on any atom is -0.493 e. The Morgan fingerprint density at radius 1 is 1.24 bits per heavy atom. The number of nitrogens with one attached hydrogen (secondary N) is 1. The van der Waals surface area contributed by atoms with Crippen LogP contribution in [0.1, 0.15) is 45.6 Å². The van der Waals surface area contributed by atoms with Gasteiger partial charge >= 0.3 is 0 Å². The lowest BCUT2D eigenvalue weighted by Crippen LogP contribution is -2.19. The topological polar surface area (TPSA) is 30.5 Å². The summed E-state index contributed by atoms with van der Waals surface area (Å²) in [6, 6.07) is 3.95. The lowest BCUT2D eigenvalue weighted by molar-refractivity contribution is 0.286. The van der Waals surface area contributed by atoms with E-state index < -0.39 is 0 Å². The van der Waals surface area contributed by atoms with Gasteiger partial charge in [0.2, 0.25) is 0 Å². The summed E-state index contributed by atoms with van der Waals surface area (Å²) in [5, 5.41) is 4.02. The minimum absolute atomic E-state index is 0.618. The van der Waals surface area contributed by atoms with Crippen molar-refractivity contribution in [3.8, 4) is 11.5 Å². The molecule has 0 spiro atoms. The largest absolute Gasteiger partial charge is 0.493 e. The number of methoxy groups -OCH3 is 1. The number of hydrogen-bond donors (Lipinski definition) is 1.